The van der Waals surface area contributed by atoms with Gasteiger partial charge in [0.15, 0.2) is 0 Å². The molecule has 0 radical (unpaired) electrons. The van der Waals surface area contributed by atoms with E-state index in [9.17, 15) is 5.11 Å². The van der Waals surface area contributed by atoms with Crippen LogP contribution in [0.15, 0.2) is 66.7 Å². The molecule has 0 bridgehead atoms. The molecule has 0 aromatic heterocycles. The van der Waals surface area contributed by atoms with Crippen LogP contribution in [0.4, 0.5) is 0 Å². The van der Waals surface area contributed by atoms with Gasteiger partial charge in [0, 0.05) is 17.9 Å². The minimum Gasteiger partial charge on any atom is -0.491 e. The molecule has 25 heavy (non-hydrogen) atoms. The van der Waals surface area contributed by atoms with E-state index in [1.165, 1.54) is 0 Å². The molecular weight excluding hydrogens is 316 g/mol. The van der Waals surface area contributed by atoms with Gasteiger partial charge in [0.25, 0.3) is 0 Å². The molecule has 3 rings (SSSR count). The van der Waals surface area contributed by atoms with Gasteiger partial charge in [-0.25, -0.2) is 0 Å². The maximum absolute atomic E-state index is 10.3. The van der Waals surface area contributed by atoms with Crippen molar-refractivity contribution < 1.29 is 19.3 Å². The summed E-state index contributed by atoms with van der Waals surface area (Å²) in [6.45, 7) is 1.22. The molecule has 1 atom stereocenters. The lowest BCUT2D eigenvalue weighted by atomic mass is 10.1. The Bertz CT molecular complexity index is 801. The monoisotopic (exact) mass is 338 g/mol. The number of fused-ring (bicyclic) bond motifs is 1. The van der Waals surface area contributed by atoms with Crippen LogP contribution < -0.4 is 9.47 Å². The molecule has 0 heterocycles. The van der Waals surface area contributed by atoms with E-state index < -0.39 is 6.10 Å². The summed E-state index contributed by atoms with van der Waals surface area (Å²) in [4.78, 5) is 0. The van der Waals surface area contributed by atoms with Crippen molar-refractivity contribution in [3.05, 3.63) is 72.3 Å². The second-order valence-corrected chi connectivity index (χ2v) is 5.69. The molecular formula is C21H22O4. The Kier molecular flexibility index (Phi) is 5.88. The van der Waals surface area contributed by atoms with E-state index in [0.29, 0.717) is 13.2 Å². The van der Waals surface area contributed by atoms with Crippen LogP contribution in [0.25, 0.3) is 10.8 Å². The average molecular weight is 338 g/mol. The number of methoxy groups -OCH3 is 1. The molecule has 3 aromatic carbocycles. The largest absolute Gasteiger partial charge is 0.491 e. The third kappa shape index (κ3) is 4.29. The molecule has 4 nitrogen and oxygen atoms in total. The maximum Gasteiger partial charge on any atom is 0.127 e. The van der Waals surface area contributed by atoms with Gasteiger partial charge in [-0.05, 0) is 17.7 Å². The third-order valence-electron chi connectivity index (χ3n) is 3.97. The van der Waals surface area contributed by atoms with Gasteiger partial charge in [0.05, 0.1) is 6.61 Å². The molecule has 4 heteroatoms. The number of hydrogen-bond acceptors (Lipinski definition) is 4. The molecule has 0 fully saturated rings. The standard InChI is InChI=1S/C21H22O4/c1-23-13-14-24-20-11-12-21(18-10-6-5-9-17(18)20)25-15-19(22)16-7-3-2-4-8-16/h2-12,19,22H,13-15H2,1H3. The molecule has 0 aliphatic carbocycles. The van der Waals surface area contributed by atoms with Crippen LogP contribution in [0.2, 0.25) is 0 Å². The first-order chi connectivity index (χ1) is 12.3. The van der Waals surface area contributed by atoms with E-state index in [1.54, 1.807) is 7.11 Å². The normalized spacial score (nSPS) is 12.1. The van der Waals surface area contributed by atoms with Crippen LogP contribution in [0.1, 0.15) is 11.7 Å². The first-order valence-corrected chi connectivity index (χ1v) is 8.29. The van der Waals surface area contributed by atoms with E-state index >= 15 is 0 Å². The van der Waals surface area contributed by atoms with Crippen molar-refractivity contribution in [3.63, 3.8) is 0 Å². The molecule has 130 valence electrons. The number of rotatable bonds is 8. The predicted octanol–water partition coefficient (Wildman–Crippen LogP) is 3.98. The van der Waals surface area contributed by atoms with E-state index in [0.717, 1.165) is 27.8 Å². The fourth-order valence-electron chi connectivity index (χ4n) is 2.67. The second kappa shape index (κ2) is 8.51. The number of benzene rings is 3. The highest BCUT2D eigenvalue weighted by Crippen LogP contribution is 2.33. The molecule has 0 saturated carbocycles. The highest BCUT2D eigenvalue weighted by molar-refractivity contribution is 5.93. The van der Waals surface area contributed by atoms with Gasteiger partial charge in [0.1, 0.15) is 30.8 Å². The zero-order chi connectivity index (χ0) is 17.5. The first kappa shape index (κ1) is 17.3. The Hall–Kier alpha value is -2.56. The minimum atomic E-state index is -0.669. The topological polar surface area (TPSA) is 47.9 Å². The molecule has 0 saturated heterocycles. The summed E-state index contributed by atoms with van der Waals surface area (Å²) in [5.41, 5.74) is 0.839. The quantitative estimate of drug-likeness (QED) is 0.631. The highest BCUT2D eigenvalue weighted by Gasteiger charge is 2.11. The molecule has 3 aromatic rings. The number of ether oxygens (including phenoxy) is 3. The lowest BCUT2D eigenvalue weighted by Crippen LogP contribution is -2.10. The van der Waals surface area contributed by atoms with E-state index in [4.69, 9.17) is 14.2 Å². The van der Waals surface area contributed by atoms with E-state index in [2.05, 4.69) is 0 Å². The van der Waals surface area contributed by atoms with Crippen LogP contribution >= 0.6 is 0 Å². The molecule has 0 amide bonds. The summed E-state index contributed by atoms with van der Waals surface area (Å²) in [6.07, 6.45) is -0.669. The molecule has 0 spiro atoms. The van der Waals surface area contributed by atoms with E-state index in [-0.39, 0.29) is 6.61 Å². The van der Waals surface area contributed by atoms with E-state index in [1.807, 2.05) is 66.7 Å². The van der Waals surface area contributed by atoms with Crippen LogP contribution in [0, 0.1) is 0 Å². The fraction of sp³-hybridized carbons (Fsp3) is 0.238. The number of hydrogen-bond donors (Lipinski definition) is 1. The lowest BCUT2D eigenvalue weighted by Gasteiger charge is -2.16. The van der Waals surface area contributed by atoms with Crippen molar-refractivity contribution in [2.24, 2.45) is 0 Å². The minimum absolute atomic E-state index is 0.192. The van der Waals surface area contributed by atoms with Crippen LogP contribution in [-0.4, -0.2) is 32.0 Å². The Morgan fingerprint density at radius 1 is 0.760 bits per heavy atom. The second-order valence-electron chi connectivity index (χ2n) is 5.69. The molecule has 1 unspecified atom stereocenters. The van der Waals surface area contributed by atoms with Crippen LogP contribution in [-0.2, 0) is 4.74 Å². The van der Waals surface area contributed by atoms with Crippen LogP contribution in [0.3, 0.4) is 0 Å². The zero-order valence-electron chi connectivity index (χ0n) is 14.2. The first-order valence-electron chi connectivity index (χ1n) is 8.29. The van der Waals surface area contributed by atoms with Crippen molar-refractivity contribution >= 4 is 10.8 Å². The lowest BCUT2D eigenvalue weighted by molar-refractivity contribution is 0.109. The SMILES string of the molecule is COCCOc1ccc(OCC(O)c2ccccc2)c2ccccc12. The summed E-state index contributed by atoms with van der Waals surface area (Å²) < 4.78 is 16.7. The summed E-state index contributed by atoms with van der Waals surface area (Å²) >= 11 is 0. The number of aliphatic hydroxyl groups excluding tert-OH is 1. The van der Waals surface area contributed by atoms with Crippen molar-refractivity contribution in [2.75, 3.05) is 26.9 Å². The van der Waals surface area contributed by atoms with Gasteiger partial charge in [-0.3, -0.25) is 0 Å². The Morgan fingerprint density at radius 3 is 2.00 bits per heavy atom. The maximum atomic E-state index is 10.3. The summed E-state index contributed by atoms with van der Waals surface area (Å²) in [6, 6.07) is 21.2. The Morgan fingerprint density at radius 2 is 1.36 bits per heavy atom. The van der Waals surface area contributed by atoms with Crippen molar-refractivity contribution in [3.8, 4) is 11.5 Å². The molecule has 0 aliphatic rings. The predicted molar refractivity (Wildman–Crippen MR) is 98.2 cm³/mol. The highest BCUT2D eigenvalue weighted by atomic mass is 16.5. The third-order valence-corrected chi connectivity index (χ3v) is 3.97. The fourth-order valence-corrected chi connectivity index (χ4v) is 2.67. The smallest absolute Gasteiger partial charge is 0.127 e. The van der Waals surface area contributed by atoms with Crippen molar-refractivity contribution in [1.29, 1.82) is 0 Å². The molecule has 1 N–H and O–H groups in total. The van der Waals surface area contributed by atoms with Gasteiger partial charge in [-0.15, -0.1) is 0 Å². The summed E-state index contributed by atoms with van der Waals surface area (Å²) in [5, 5.41) is 12.2. The summed E-state index contributed by atoms with van der Waals surface area (Å²) in [7, 11) is 1.65. The van der Waals surface area contributed by atoms with Crippen molar-refractivity contribution in [2.45, 2.75) is 6.10 Å². The average Bonchev–Trinajstić information content (AvgIpc) is 2.67. The van der Waals surface area contributed by atoms with Gasteiger partial charge in [-0.2, -0.15) is 0 Å². The van der Waals surface area contributed by atoms with Crippen molar-refractivity contribution in [1.82, 2.24) is 0 Å². The van der Waals surface area contributed by atoms with Gasteiger partial charge in [-0.1, -0.05) is 54.6 Å². The van der Waals surface area contributed by atoms with Crippen LogP contribution in [0.5, 0.6) is 11.5 Å². The molecule has 0 aliphatic heterocycles. The number of aliphatic hydroxyl groups is 1. The van der Waals surface area contributed by atoms with Gasteiger partial charge in [0.2, 0.25) is 0 Å². The Labute approximate surface area is 147 Å². The zero-order valence-corrected chi connectivity index (χ0v) is 14.2. The van der Waals surface area contributed by atoms with Gasteiger partial charge >= 0.3 is 0 Å². The summed E-state index contributed by atoms with van der Waals surface area (Å²) in [5.74, 6) is 1.52. The Balaban J connectivity index is 1.77. The van der Waals surface area contributed by atoms with Gasteiger partial charge < -0.3 is 19.3 Å².